The summed E-state index contributed by atoms with van der Waals surface area (Å²) in [4.78, 5) is 20.3. The minimum atomic E-state index is -0.547. The van der Waals surface area contributed by atoms with Crippen molar-refractivity contribution >= 4 is 11.9 Å². The van der Waals surface area contributed by atoms with Crippen LogP contribution in [0.15, 0.2) is 30.5 Å². The molecule has 1 atom stereocenters. The van der Waals surface area contributed by atoms with Crippen molar-refractivity contribution in [2.75, 3.05) is 11.9 Å². The molecule has 1 heterocycles. The number of primary amides is 1. The van der Waals surface area contributed by atoms with E-state index < -0.39 is 5.91 Å². The van der Waals surface area contributed by atoms with Gasteiger partial charge < -0.3 is 16.8 Å². The zero-order chi connectivity index (χ0) is 16.1. The maximum Gasteiger partial charge on any atom is 0.252 e. The van der Waals surface area contributed by atoms with E-state index in [1.165, 1.54) is 6.20 Å². The summed E-state index contributed by atoms with van der Waals surface area (Å²) in [6.45, 7) is 4.50. The highest BCUT2D eigenvalue weighted by Gasteiger charge is 2.15. The van der Waals surface area contributed by atoms with Crippen LogP contribution >= 0.6 is 0 Å². The summed E-state index contributed by atoms with van der Waals surface area (Å²) in [5.41, 5.74) is 13.9. The van der Waals surface area contributed by atoms with E-state index in [4.69, 9.17) is 11.5 Å². The Bertz CT molecular complexity index is 667. The van der Waals surface area contributed by atoms with Gasteiger partial charge in [-0.3, -0.25) is 4.79 Å². The SMILES string of the molecule is CCC(CN)Nc1ncc(C(N)=O)c(-c2cccc(C)c2)n1. The van der Waals surface area contributed by atoms with Crippen LogP contribution in [0.25, 0.3) is 11.3 Å². The molecule has 1 aromatic carbocycles. The van der Waals surface area contributed by atoms with E-state index in [1.807, 2.05) is 38.1 Å². The molecule has 2 rings (SSSR count). The molecule has 0 aliphatic heterocycles. The summed E-state index contributed by atoms with van der Waals surface area (Å²) < 4.78 is 0. The number of amides is 1. The fraction of sp³-hybridized carbons (Fsp3) is 0.312. The Hall–Kier alpha value is -2.47. The van der Waals surface area contributed by atoms with Gasteiger partial charge in [0.15, 0.2) is 0 Å². The molecular formula is C16H21N5O. The predicted molar refractivity (Wildman–Crippen MR) is 87.5 cm³/mol. The molecule has 5 N–H and O–H groups in total. The zero-order valence-electron chi connectivity index (χ0n) is 12.8. The van der Waals surface area contributed by atoms with Gasteiger partial charge in [0, 0.05) is 24.3 Å². The van der Waals surface area contributed by atoms with Gasteiger partial charge in [-0.2, -0.15) is 0 Å². The first-order valence-electron chi connectivity index (χ1n) is 7.25. The molecule has 1 aromatic heterocycles. The number of nitrogens with two attached hydrogens (primary N) is 2. The molecule has 22 heavy (non-hydrogen) atoms. The highest BCUT2D eigenvalue weighted by molar-refractivity contribution is 5.98. The molecule has 0 aliphatic rings. The molecule has 0 radical (unpaired) electrons. The molecule has 0 bridgehead atoms. The van der Waals surface area contributed by atoms with Crippen molar-refractivity contribution in [2.24, 2.45) is 11.5 Å². The molecule has 2 aromatic rings. The number of nitrogens with zero attached hydrogens (tertiary/aromatic N) is 2. The van der Waals surface area contributed by atoms with Gasteiger partial charge in [0.1, 0.15) is 0 Å². The number of nitrogens with one attached hydrogen (secondary N) is 1. The maximum atomic E-state index is 11.6. The lowest BCUT2D eigenvalue weighted by atomic mass is 10.0. The van der Waals surface area contributed by atoms with Crippen LogP contribution in [-0.2, 0) is 0 Å². The molecule has 6 heteroatoms. The average molecular weight is 299 g/mol. The number of hydrogen-bond acceptors (Lipinski definition) is 5. The van der Waals surface area contributed by atoms with Crippen molar-refractivity contribution in [1.82, 2.24) is 9.97 Å². The summed E-state index contributed by atoms with van der Waals surface area (Å²) >= 11 is 0. The van der Waals surface area contributed by atoms with E-state index in [-0.39, 0.29) is 6.04 Å². The zero-order valence-corrected chi connectivity index (χ0v) is 12.8. The monoisotopic (exact) mass is 299 g/mol. The number of anilines is 1. The second-order valence-electron chi connectivity index (χ2n) is 5.17. The molecule has 1 unspecified atom stereocenters. The van der Waals surface area contributed by atoms with Gasteiger partial charge in [-0.05, 0) is 19.4 Å². The molecule has 0 fully saturated rings. The van der Waals surface area contributed by atoms with Crippen LogP contribution in [0.3, 0.4) is 0 Å². The fourth-order valence-corrected chi connectivity index (χ4v) is 2.15. The predicted octanol–water partition coefficient (Wildman–Crippen LogP) is 1.70. The fourth-order valence-electron chi connectivity index (χ4n) is 2.15. The van der Waals surface area contributed by atoms with Crippen molar-refractivity contribution in [3.63, 3.8) is 0 Å². The van der Waals surface area contributed by atoms with Crippen LogP contribution in [0.1, 0.15) is 29.3 Å². The first-order chi connectivity index (χ1) is 10.5. The van der Waals surface area contributed by atoms with Gasteiger partial charge in [0.2, 0.25) is 5.95 Å². The van der Waals surface area contributed by atoms with E-state index in [2.05, 4.69) is 15.3 Å². The summed E-state index contributed by atoms with van der Waals surface area (Å²) in [5.74, 6) is -0.104. The van der Waals surface area contributed by atoms with E-state index >= 15 is 0 Å². The average Bonchev–Trinajstić information content (AvgIpc) is 2.52. The van der Waals surface area contributed by atoms with Crippen LogP contribution in [0, 0.1) is 6.92 Å². The van der Waals surface area contributed by atoms with E-state index in [0.29, 0.717) is 23.8 Å². The number of benzene rings is 1. The maximum absolute atomic E-state index is 11.6. The molecule has 1 amide bonds. The van der Waals surface area contributed by atoms with Crippen LogP contribution in [-0.4, -0.2) is 28.5 Å². The topological polar surface area (TPSA) is 107 Å². The van der Waals surface area contributed by atoms with Crippen molar-refractivity contribution < 1.29 is 4.79 Å². The number of aromatic nitrogens is 2. The second kappa shape index (κ2) is 7.00. The Morgan fingerprint density at radius 1 is 1.41 bits per heavy atom. The largest absolute Gasteiger partial charge is 0.365 e. The number of rotatable bonds is 6. The van der Waals surface area contributed by atoms with Crippen molar-refractivity contribution in [1.29, 1.82) is 0 Å². The van der Waals surface area contributed by atoms with E-state index in [1.54, 1.807) is 0 Å². The van der Waals surface area contributed by atoms with Gasteiger partial charge in [-0.15, -0.1) is 0 Å². The lowest BCUT2D eigenvalue weighted by molar-refractivity contribution is 0.100. The normalized spacial score (nSPS) is 12.0. The third-order valence-corrected chi connectivity index (χ3v) is 3.46. The van der Waals surface area contributed by atoms with E-state index in [9.17, 15) is 4.79 Å². The Labute approximate surface area is 130 Å². The second-order valence-corrected chi connectivity index (χ2v) is 5.17. The van der Waals surface area contributed by atoms with Crippen LogP contribution < -0.4 is 16.8 Å². The summed E-state index contributed by atoms with van der Waals surface area (Å²) in [6, 6.07) is 7.84. The standard InChI is InChI=1S/C16H21N5O/c1-3-12(8-17)20-16-19-9-13(15(18)22)14(21-16)11-6-4-5-10(2)7-11/h4-7,9,12H,3,8,17H2,1-2H3,(H2,18,22)(H,19,20,21). The molecule has 0 saturated heterocycles. The number of carbonyl (C=O) groups excluding carboxylic acids is 1. The summed E-state index contributed by atoms with van der Waals surface area (Å²) in [6.07, 6.45) is 2.32. The quantitative estimate of drug-likeness (QED) is 0.752. The minimum Gasteiger partial charge on any atom is -0.365 e. The third-order valence-electron chi connectivity index (χ3n) is 3.46. The Kier molecular flexibility index (Phi) is 5.06. The smallest absolute Gasteiger partial charge is 0.252 e. The number of aryl methyl sites for hydroxylation is 1. The highest BCUT2D eigenvalue weighted by Crippen LogP contribution is 2.23. The first-order valence-corrected chi connectivity index (χ1v) is 7.25. The molecule has 0 saturated carbocycles. The number of hydrogen-bond donors (Lipinski definition) is 3. The minimum absolute atomic E-state index is 0.0878. The lowest BCUT2D eigenvalue weighted by Crippen LogP contribution is -2.29. The lowest BCUT2D eigenvalue weighted by Gasteiger charge is -2.16. The van der Waals surface area contributed by atoms with Crippen LogP contribution in [0.2, 0.25) is 0 Å². The van der Waals surface area contributed by atoms with Crippen molar-refractivity contribution in [2.45, 2.75) is 26.3 Å². The number of carbonyl (C=O) groups is 1. The molecule has 116 valence electrons. The van der Waals surface area contributed by atoms with Gasteiger partial charge >= 0.3 is 0 Å². The van der Waals surface area contributed by atoms with Crippen molar-refractivity contribution in [3.05, 3.63) is 41.6 Å². The Balaban J connectivity index is 2.46. The molecular weight excluding hydrogens is 278 g/mol. The third kappa shape index (κ3) is 3.59. The van der Waals surface area contributed by atoms with E-state index in [0.717, 1.165) is 17.5 Å². The van der Waals surface area contributed by atoms with Crippen LogP contribution in [0.4, 0.5) is 5.95 Å². The highest BCUT2D eigenvalue weighted by atomic mass is 16.1. The van der Waals surface area contributed by atoms with Gasteiger partial charge in [-0.25, -0.2) is 9.97 Å². The molecule has 6 nitrogen and oxygen atoms in total. The molecule has 0 aliphatic carbocycles. The van der Waals surface area contributed by atoms with Crippen LogP contribution in [0.5, 0.6) is 0 Å². The Morgan fingerprint density at radius 2 is 2.18 bits per heavy atom. The first kappa shape index (κ1) is 15.9. The molecule has 0 spiro atoms. The summed E-state index contributed by atoms with van der Waals surface area (Å²) in [5, 5.41) is 3.17. The van der Waals surface area contributed by atoms with Crippen molar-refractivity contribution in [3.8, 4) is 11.3 Å². The van der Waals surface area contributed by atoms with Gasteiger partial charge in [-0.1, -0.05) is 30.7 Å². The van der Waals surface area contributed by atoms with Gasteiger partial charge in [0.05, 0.1) is 11.3 Å². The Morgan fingerprint density at radius 3 is 2.77 bits per heavy atom. The summed E-state index contributed by atoms with van der Waals surface area (Å²) in [7, 11) is 0. The van der Waals surface area contributed by atoms with Gasteiger partial charge in [0.25, 0.3) is 5.91 Å².